The molecule has 3 heteroatoms. The van der Waals surface area contributed by atoms with Crippen molar-refractivity contribution in [2.75, 3.05) is 0 Å². The van der Waals surface area contributed by atoms with Gasteiger partial charge in [-0.05, 0) is 0 Å². The second-order valence-electron chi connectivity index (χ2n) is 10.8. The molecule has 4 aliphatic rings. The van der Waals surface area contributed by atoms with Crippen LogP contribution in [0.15, 0.2) is 102 Å². The third-order valence-electron chi connectivity index (χ3n) is 8.43. The maximum atomic E-state index is 2.73. The Bertz CT molecular complexity index is 1160. The van der Waals surface area contributed by atoms with Gasteiger partial charge in [0.1, 0.15) is 0 Å². The largest absolute Gasteiger partial charge is 1.00 e. The van der Waals surface area contributed by atoms with Crippen molar-refractivity contribution >= 4 is 3.21 Å². The molecule has 0 N–H and O–H groups in total. The van der Waals surface area contributed by atoms with E-state index in [0.29, 0.717) is 11.8 Å². The van der Waals surface area contributed by atoms with Crippen LogP contribution in [-0.2, 0) is 21.3 Å². The van der Waals surface area contributed by atoms with Crippen LogP contribution in [0, 0.1) is 0 Å². The Balaban J connectivity index is 0.00000152. The number of hydrogen-bond acceptors (Lipinski definition) is 0. The molecule has 2 aromatic rings. The average Bonchev–Trinajstić information content (AvgIpc) is 3.43. The molecule has 0 amide bonds. The molecule has 2 aromatic carbocycles. The van der Waals surface area contributed by atoms with Crippen molar-refractivity contribution in [2.45, 2.75) is 77.0 Å². The Morgan fingerprint density at radius 3 is 1.36 bits per heavy atom. The molecule has 0 aliphatic heterocycles. The van der Waals surface area contributed by atoms with Gasteiger partial charge in [0.25, 0.3) is 0 Å². The van der Waals surface area contributed by atoms with E-state index >= 15 is 0 Å². The van der Waals surface area contributed by atoms with Crippen molar-refractivity contribution in [1.82, 2.24) is 0 Å². The van der Waals surface area contributed by atoms with Crippen LogP contribution in [0.2, 0.25) is 0 Å². The first kappa shape index (κ1) is 27.8. The van der Waals surface area contributed by atoms with E-state index in [2.05, 4.69) is 86.7 Å². The van der Waals surface area contributed by atoms with Crippen molar-refractivity contribution < 1.29 is 46.1 Å². The Labute approximate surface area is 237 Å². The van der Waals surface area contributed by atoms with E-state index in [1.165, 1.54) is 62.5 Å². The topological polar surface area (TPSA) is 0 Å². The summed E-state index contributed by atoms with van der Waals surface area (Å²) in [5.41, 5.74) is 9.99. The van der Waals surface area contributed by atoms with E-state index < -0.39 is 21.3 Å². The van der Waals surface area contributed by atoms with Gasteiger partial charge >= 0.3 is 214 Å². The van der Waals surface area contributed by atoms with Gasteiger partial charge < -0.3 is 24.8 Å². The van der Waals surface area contributed by atoms with Crippen LogP contribution >= 0.6 is 0 Å². The molecule has 0 radical (unpaired) electrons. The minimum absolute atomic E-state index is 0. The SMILES string of the molecule is C[C](C)=[Zr+2]([C]1=CC2=C(CCCC2)[C@@H]1c1ccccc1)[C]1=CC2=C(CCCC2)[C@H]1c1ccccc1.[Cl-].[Cl-]. The van der Waals surface area contributed by atoms with E-state index in [0.717, 1.165) is 0 Å². The number of rotatable bonds is 4. The first-order valence-electron chi connectivity index (χ1n) is 13.4. The molecule has 0 saturated heterocycles. The van der Waals surface area contributed by atoms with E-state index in [-0.39, 0.29) is 24.8 Å². The van der Waals surface area contributed by atoms with Gasteiger partial charge in [0.2, 0.25) is 0 Å². The van der Waals surface area contributed by atoms with Crippen LogP contribution in [0.4, 0.5) is 0 Å². The fourth-order valence-corrected chi connectivity index (χ4v) is 15.4. The molecule has 0 fully saturated rings. The zero-order chi connectivity index (χ0) is 23.1. The number of allylic oxidation sites excluding steroid dienone is 8. The first-order chi connectivity index (χ1) is 16.7. The summed E-state index contributed by atoms with van der Waals surface area (Å²) >= 11 is -2.25. The first-order valence-corrected chi connectivity index (χ1v) is 17.1. The molecule has 36 heavy (non-hydrogen) atoms. The van der Waals surface area contributed by atoms with E-state index in [1.807, 2.05) is 6.56 Å². The molecular weight excluding hydrogens is 558 g/mol. The minimum Gasteiger partial charge on any atom is -1.00 e. The van der Waals surface area contributed by atoms with Crippen LogP contribution in [-0.4, -0.2) is 3.21 Å². The number of hydrogen-bond donors (Lipinski definition) is 0. The summed E-state index contributed by atoms with van der Waals surface area (Å²) in [6.07, 6.45) is 16.1. The second-order valence-corrected chi connectivity index (χ2v) is 17.9. The zero-order valence-corrected chi connectivity index (χ0v) is 25.5. The third-order valence-corrected chi connectivity index (χ3v) is 15.9. The Kier molecular flexibility index (Phi) is 9.30. The molecule has 2 atom stereocenters. The van der Waals surface area contributed by atoms with E-state index in [1.54, 1.807) is 25.5 Å². The summed E-state index contributed by atoms with van der Waals surface area (Å²) in [7, 11) is 0. The van der Waals surface area contributed by atoms with Gasteiger partial charge in [-0.1, -0.05) is 0 Å². The van der Waals surface area contributed by atoms with Crippen molar-refractivity contribution in [3.63, 3.8) is 0 Å². The normalized spacial score (nSPS) is 22.4. The Morgan fingerprint density at radius 2 is 0.972 bits per heavy atom. The van der Waals surface area contributed by atoms with Crippen LogP contribution in [0.3, 0.4) is 0 Å². The fourth-order valence-electron chi connectivity index (χ4n) is 7.04. The molecule has 0 spiro atoms. The van der Waals surface area contributed by atoms with E-state index in [9.17, 15) is 0 Å². The van der Waals surface area contributed by atoms with Gasteiger partial charge in [0.05, 0.1) is 0 Å². The van der Waals surface area contributed by atoms with E-state index in [4.69, 9.17) is 0 Å². The fraction of sp³-hybridized carbons (Fsp3) is 0.364. The molecule has 0 bridgehead atoms. The zero-order valence-electron chi connectivity index (χ0n) is 21.5. The van der Waals surface area contributed by atoms with Gasteiger partial charge in [-0.15, -0.1) is 0 Å². The van der Waals surface area contributed by atoms with Gasteiger partial charge in [-0.2, -0.15) is 0 Å². The average molecular weight is 595 g/mol. The molecule has 0 heterocycles. The smallest absolute Gasteiger partial charge is 1.00 e. The summed E-state index contributed by atoms with van der Waals surface area (Å²) in [5.74, 6) is 1.08. The number of halogens is 2. The molecule has 4 aliphatic carbocycles. The van der Waals surface area contributed by atoms with Crippen LogP contribution < -0.4 is 24.8 Å². The quantitative estimate of drug-likeness (QED) is 0.511. The predicted molar refractivity (Wildman–Crippen MR) is 142 cm³/mol. The standard InChI is InChI=1S/2C15H15.C3H6.2ClH.Zr/c2*1-2-6-12(7-3-1)15-11-10-13-8-4-5-9-14(13)15;1-3-2;;;/h2*1-3,6-7,10,15H,4-5,8-9H2;1-2H3;2*1H;/q;;;;;+2/p-2/t2*15-;;;;/m10..../s1. The molecule has 0 nitrogen and oxygen atoms in total. The molecule has 0 saturated carbocycles. The molecular formula is C33H36Cl2Zr. The summed E-state index contributed by atoms with van der Waals surface area (Å²) in [6.45, 7) is 4.93. The second kappa shape index (κ2) is 12.1. The van der Waals surface area contributed by atoms with Gasteiger partial charge in [-0.25, -0.2) is 0 Å². The predicted octanol–water partition coefficient (Wildman–Crippen LogP) is 2.93. The molecule has 0 aromatic heterocycles. The third kappa shape index (κ3) is 5.06. The summed E-state index contributed by atoms with van der Waals surface area (Å²) in [4.78, 5) is 0. The molecule has 186 valence electrons. The van der Waals surface area contributed by atoms with Crippen LogP contribution in [0.25, 0.3) is 0 Å². The van der Waals surface area contributed by atoms with Gasteiger partial charge in [-0.3, -0.25) is 0 Å². The minimum atomic E-state index is -2.25. The number of benzene rings is 2. The summed E-state index contributed by atoms with van der Waals surface area (Å²) < 4.78 is 5.42. The van der Waals surface area contributed by atoms with Crippen LogP contribution in [0.1, 0.15) is 88.2 Å². The summed E-state index contributed by atoms with van der Waals surface area (Å²) in [6, 6.07) is 23.0. The van der Waals surface area contributed by atoms with Crippen molar-refractivity contribution in [1.29, 1.82) is 0 Å². The Hall–Kier alpha value is -1.27. The van der Waals surface area contributed by atoms with Gasteiger partial charge in [0.15, 0.2) is 0 Å². The van der Waals surface area contributed by atoms with Gasteiger partial charge in [0, 0.05) is 0 Å². The van der Waals surface area contributed by atoms with Crippen molar-refractivity contribution in [3.8, 4) is 0 Å². The summed E-state index contributed by atoms with van der Waals surface area (Å²) in [5, 5.41) is 0. The van der Waals surface area contributed by atoms with Crippen molar-refractivity contribution in [2.24, 2.45) is 0 Å². The maximum absolute atomic E-state index is 2.73. The Morgan fingerprint density at radius 1 is 0.583 bits per heavy atom. The molecule has 6 rings (SSSR count). The maximum Gasteiger partial charge on any atom is -1.00 e. The monoisotopic (exact) mass is 592 g/mol. The molecule has 0 unspecified atom stereocenters. The van der Waals surface area contributed by atoms with Crippen LogP contribution in [0.5, 0.6) is 0 Å². The van der Waals surface area contributed by atoms with Crippen molar-refractivity contribution in [3.05, 3.63) is 113 Å².